The van der Waals surface area contributed by atoms with Gasteiger partial charge >= 0.3 is 0 Å². The normalized spacial score (nSPS) is 23.7. The van der Waals surface area contributed by atoms with Crippen LogP contribution in [0.4, 0.5) is 4.39 Å². The van der Waals surface area contributed by atoms with Crippen molar-refractivity contribution in [3.05, 3.63) is 28.5 Å². The summed E-state index contributed by atoms with van der Waals surface area (Å²) in [6.45, 7) is 2.61. The lowest BCUT2D eigenvalue weighted by Crippen LogP contribution is -2.28. The summed E-state index contributed by atoms with van der Waals surface area (Å²) in [6, 6.07) is 3.83. The lowest BCUT2D eigenvalue weighted by atomic mass is 10.1. The van der Waals surface area contributed by atoms with Gasteiger partial charge in [0.05, 0.1) is 9.37 Å². The Morgan fingerprint density at radius 2 is 2.16 bits per heavy atom. The third kappa shape index (κ3) is 3.77. The van der Waals surface area contributed by atoms with E-state index in [1.54, 1.807) is 0 Å². The number of nitrogens with one attached hydrogen (secondary N) is 1. The number of sulfonamides is 1. The molecule has 0 aromatic heterocycles. The first-order chi connectivity index (χ1) is 8.88. The van der Waals surface area contributed by atoms with Gasteiger partial charge in [-0.05, 0) is 58.8 Å². The lowest BCUT2D eigenvalue weighted by molar-refractivity contribution is 0.498. The largest absolute Gasteiger partial charge is 0.240 e. The first-order valence-electron chi connectivity index (χ1n) is 6.33. The standard InChI is InChI=1S/C13H17BrFNO2S/c1-9-2-3-10(6-9)8-16-19(17,18)11-4-5-12(14)13(15)7-11/h4-5,7,9-10,16H,2-3,6,8H2,1H3. The van der Waals surface area contributed by atoms with Crippen LogP contribution in [-0.4, -0.2) is 15.0 Å². The molecule has 2 atom stereocenters. The molecular formula is C13H17BrFNO2S. The Balaban J connectivity index is 2.03. The molecule has 2 rings (SSSR count). The molecule has 1 aromatic rings. The van der Waals surface area contributed by atoms with E-state index in [1.165, 1.54) is 12.1 Å². The molecule has 0 amide bonds. The number of hydrogen-bond donors (Lipinski definition) is 1. The minimum Gasteiger partial charge on any atom is -0.211 e. The zero-order chi connectivity index (χ0) is 14.0. The van der Waals surface area contributed by atoms with E-state index in [2.05, 4.69) is 27.6 Å². The number of halogens is 2. The molecule has 3 nitrogen and oxygen atoms in total. The van der Waals surface area contributed by atoms with Gasteiger partial charge in [0.25, 0.3) is 0 Å². The van der Waals surface area contributed by atoms with E-state index in [1.807, 2.05) is 0 Å². The SMILES string of the molecule is CC1CCC(CNS(=O)(=O)c2ccc(Br)c(F)c2)C1. The van der Waals surface area contributed by atoms with Crippen LogP contribution in [0.2, 0.25) is 0 Å². The highest BCUT2D eigenvalue weighted by Crippen LogP contribution is 2.30. The Kier molecular flexibility index (Phi) is 4.63. The summed E-state index contributed by atoms with van der Waals surface area (Å²) in [5, 5.41) is 0. The quantitative estimate of drug-likeness (QED) is 0.906. The van der Waals surface area contributed by atoms with Crippen LogP contribution in [0.1, 0.15) is 26.2 Å². The van der Waals surface area contributed by atoms with E-state index in [-0.39, 0.29) is 9.37 Å². The van der Waals surface area contributed by atoms with Crippen LogP contribution in [0.15, 0.2) is 27.6 Å². The Morgan fingerprint density at radius 3 is 2.74 bits per heavy atom. The van der Waals surface area contributed by atoms with E-state index in [0.717, 1.165) is 25.3 Å². The topological polar surface area (TPSA) is 46.2 Å². The zero-order valence-electron chi connectivity index (χ0n) is 10.7. The van der Waals surface area contributed by atoms with Crippen molar-refractivity contribution in [2.24, 2.45) is 11.8 Å². The van der Waals surface area contributed by atoms with E-state index in [4.69, 9.17) is 0 Å². The molecular weight excluding hydrogens is 333 g/mol. The van der Waals surface area contributed by atoms with Crippen molar-refractivity contribution in [2.75, 3.05) is 6.54 Å². The van der Waals surface area contributed by atoms with Crippen molar-refractivity contribution in [1.29, 1.82) is 0 Å². The first kappa shape index (κ1) is 14.9. The van der Waals surface area contributed by atoms with E-state index in [9.17, 15) is 12.8 Å². The molecule has 1 aliphatic rings. The van der Waals surface area contributed by atoms with Gasteiger partial charge < -0.3 is 0 Å². The van der Waals surface area contributed by atoms with Crippen LogP contribution in [0.25, 0.3) is 0 Å². The van der Waals surface area contributed by atoms with Gasteiger partial charge in [0.2, 0.25) is 10.0 Å². The third-order valence-corrected chi connectivity index (χ3v) is 5.63. The lowest BCUT2D eigenvalue weighted by Gasteiger charge is -2.12. The molecule has 1 aromatic carbocycles. The van der Waals surface area contributed by atoms with Crippen LogP contribution in [0, 0.1) is 17.7 Å². The van der Waals surface area contributed by atoms with Crippen molar-refractivity contribution in [2.45, 2.75) is 31.1 Å². The van der Waals surface area contributed by atoms with Gasteiger partial charge in [0, 0.05) is 6.54 Å². The first-order valence-corrected chi connectivity index (χ1v) is 8.61. The predicted molar refractivity (Wildman–Crippen MR) is 75.8 cm³/mol. The monoisotopic (exact) mass is 349 g/mol. The average molecular weight is 350 g/mol. The Bertz CT molecular complexity index is 562. The molecule has 1 aliphatic carbocycles. The molecule has 2 unspecified atom stereocenters. The highest BCUT2D eigenvalue weighted by atomic mass is 79.9. The van der Waals surface area contributed by atoms with Gasteiger partial charge in [0.15, 0.2) is 0 Å². The van der Waals surface area contributed by atoms with Crippen molar-refractivity contribution in [1.82, 2.24) is 4.72 Å². The number of hydrogen-bond acceptors (Lipinski definition) is 2. The molecule has 1 saturated carbocycles. The summed E-state index contributed by atoms with van der Waals surface area (Å²) in [5.41, 5.74) is 0. The summed E-state index contributed by atoms with van der Waals surface area (Å²) < 4.78 is 40.3. The zero-order valence-corrected chi connectivity index (χ0v) is 13.1. The molecule has 1 fully saturated rings. The Hall–Kier alpha value is -0.460. The molecule has 19 heavy (non-hydrogen) atoms. The van der Waals surface area contributed by atoms with Crippen LogP contribution >= 0.6 is 15.9 Å². The maximum absolute atomic E-state index is 13.4. The van der Waals surface area contributed by atoms with Crippen molar-refractivity contribution in [3.8, 4) is 0 Å². The molecule has 0 saturated heterocycles. The molecule has 0 spiro atoms. The highest BCUT2D eigenvalue weighted by molar-refractivity contribution is 9.10. The van der Waals surface area contributed by atoms with Crippen LogP contribution in [-0.2, 0) is 10.0 Å². The smallest absolute Gasteiger partial charge is 0.211 e. The number of benzene rings is 1. The summed E-state index contributed by atoms with van der Waals surface area (Å²) >= 11 is 3.01. The molecule has 106 valence electrons. The molecule has 0 radical (unpaired) electrons. The summed E-state index contributed by atoms with van der Waals surface area (Å²) in [7, 11) is -3.62. The second kappa shape index (κ2) is 5.89. The van der Waals surface area contributed by atoms with E-state index in [0.29, 0.717) is 18.4 Å². The fraction of sp³-hybridized carbons (Fsp3) is 0.538. The van der Waals surface area contributed by atoms with Gasteiger partial charge in [-0.1, -0.05) is 13.3 Å². The van der Waals surface area contributed by atoms with Crippen molar-refractivity contribution in [3.63, 3.8) is 0 Å². The maximum Gasteiger partial charge on any atom is 0.240 e. The minimum absolute atomic E-state index is 0.0285. The Morgan fingerprint density at radius 1 is 1.42 bits per heavy atom. The fourth-order valence-electron chi connectivity index (χ4n) is 2.47. The molecule has 0 bridgehead atoms. The van der Waals surface area contributed by atoms with E-state index < -0.39 is 15.8 Å². The highest BCUT2D eigenvalue weighted by Gasteiger charge is 2.23. The molecule has 6 heteroatoms. The van der Waals surface area contributed by atoms with E-state index >= 15 is 0 Å². The van der Waals surface area contributed by atoms with Gasteiger partial charge in [-0.3, -0.25) is 0 Å². The Labute approximate surface area is 121 Å². The van der Waals surface area contributed by atoms with Crippen LogP contribution in [0.3, 0.4) is 0 Å². The average Bonchev–Trinajstić information content (AvgIpc) is 2.76. The maximum atomic E-state index is 13.4. The van der Waals surface area contributed by atoms with Gasteiger partial charge in [0.1, 0.15) is 5.82 Å². The van der Waals surface area contributed by atoms with Crippen molar-refractivity contribution >= 4 is 26.0 Å². The summed E-state index contributed by atoms with van der Waals surface area (Å²) in [4.78, 5) is -0.0285. The molecule has 0 aliphatic heterocycles. The second-order valence-electron chi connectivity index (χ2n) is 5.21. The fourth-order valence-corrected chi connectivity index (χ4v) is 3.84. The summed E-state index contributed by atoms with van der Waals surface area (Å²) in [5.74, 6) is 0.488. The summed E-state index contributed by atoms with van der Waals surface area (Å²) in [6.07, 6.45) is 3.26. The minimum atomic E-state index is -3.62. The van der Waals surface area contributed by atoms with Gasteiger partial charge in [-0.2, -0.15) is 0 Å². The third-order valence-electron chi connectivity index (χ3n) is 3.57. The predicted octanol–water partition coefficient (Wildman–Crippen LogP) is 3.30. The van der Waals surface area contributed by atoms with Crippen LogP contribution < -0.4 is 4.72 Å². The number of rotatable bonds is 4. The second-order valence-corrected chi connectivity index (χ2v) is 7.83. The van der Waals surface area contributed by atoms with Gasteiger partial charge in [-0.25, -0.2) is 17.5 Å². The molecule has 1 N–H and O–H groups in total. The van der Waals surface area contributed by atoms with Gasteiger partial charge in [-0.15, -0.1) is 0 Å². The molecule has 0 heterocycles. The van der Waals surface area contributed by atoms with Crippen LogP contribution in [0.5, 0.6) is 0 Å². The van der Waals surface area contributed by atoms with Crippen molar-refractivity contribution < 1.29 is 12.8 Å².